The maximum Gasteiger partial charge on any atom is 0.314 e. The largest absolute Gasteiger partial charge is 0.426 e. The summed E-state index contributed by atoms with van der Waals surface area (Å²) in [5.74, 6) is -1.20. The van der Waals surface area contributed by atoms with Crippen LogP contribution in [-0.2, 0) is 28.6 Å². The molecule has 6 aliphatic rings. The monoisotopic (exact) mass is 498 g/mol. The van der Waals surface area contributed by atoms with Gasteiger partial charge in [-0.15, -0.1) is 0 Å². The van der Waals surface area contributed by atoms with Gasteiger partial charge in [-0.05, 0) is 57.8 Å². The fraction of sp³-hybridized carbons (Fsp3) is 0.667. The number of benzene rings is 1. The quantitative estimate of drug-likeness (QED) is 0.331. The summed E-state index contributed by atoms with van der Waals surface area (Å²) in [7, 11) is 0. The van der Waals surface area contributed by atoms with E-state index in [0.29, 0.717) is 38.5 Å². The van der Waals surface area contributed by atoms with E-state index in [2.05, 4.69) is 0 Å². The lowest BCUT2D eigenvalue weighted by molar-refractivity contribution is -0.140. The molecule has 192 valence electrons. The number of hydrogen-bond donors (Lipinski definition) is 0. The molecule has 3 aliphatic heterocycles. The van der Waals surface area contributed by atoms with E-state index in [4.69, 9.17) is 28.4 Å². The van der Waals surface area contributed by atoms with Gasteiger partial charge in [0.25, 0.3) is 0 Å². The molecule has 3 heterocycles. The average molecular weight is 499 g/mol. The number of carbonyl (C=O) groups excluding carboxylic acids is 3. The van der Waals surface area contributed by atoms with E-state index in [9.17, 15) is 14.4 Å². The summed E-state index contributed by atoms with van der Waals surface area (Å²) < 4.78 is 33.6. The van der Waals surface area contributed by atoms with E-state index >= 15 is 0 Å². The third kappa shape index (κ3) is 4.76. The molecule has 9 unspecified atom stereocenters. The smallest absolute Gasteiger partial charge is 0.314 e. The van der Waals surface area contributed by atoms with Crippen LogP contribution in [0.15, 0.2) is 18.2 Å². The fourth-order valence-electron chi connectivity index (χ4n) is 6.18. The highest BCUT2D eigenvalue weighted by molar-refractivity contribution is 5.79. The second kappa shape index (κ2) is 8.82. The van der Waals surface area contributed by atoms with E-state index < -0.39 is 0 Å². The summed E-state index contributed by atoms with van der Waals surface area (Å²) in [6, 6.07) is 4.53. The lowest BCUT2D eigenvalue weighted by Gasteiger charge is -2.20. The lowest BCUT2D eigenvalue weighted by Crippen LogP contribution is -2.27. The third-order valence-corrected chi connectivity index (χ3v) is 8.52. The third-order valence-electron chi connectivity index (χ3n) is 8.52. The van der Waals surface area contributed by atoms with Gasteiger partial charge in [-0.25, -0.2) is 0 Å². The van der Waals surface area contributed by atoms with Crippen molar-refractivity contribution in [2.24, 2.45) is 17.8 Å². The number of esters is 3. The van der Waals surface area contributed by atoms with Gasteiger partial charge in [-0.2, -0.15) is 0 Å². The molecule has 9 nitrogen and oxygen atoms in total. The maximum atomic E-state index is 12.9. The zero-order chi connectivity index (χ0) is 24.4. The van der Waals surface area contributed by atoms with Gasteiger partial charge in [0.1, 0.15) is 17.2 Å². The number of fused-ring (bicyclic) bond motifs is 3. The van der Waals surface area contributed by atoms with Crippen LogP contribution in [0.1, 0.15) is 57.8 Å². The Balaban J connectivity index is 1.06. The summed E-state index contributed by atoms with van der Waals surface area (Å²) in [5.41, 5.74) is 0. The van der Waals surface area contributed by atoms with Crippen LogP contribution in [0.3, 0.4) is 0 Å². The maximum absolute atomic E-state index is 12.9. The van der Waals surface area contributed by atoms with Crippen molar-refractivity contribution >= 4 is 17.9 Å². The minimum atomic E-state index is -0.349. The van der Waals surface area contributed by atoms with Crippen molar-refractivity contribution in [3.8, 4) is 17.2 Å². The summed E-state index contributed by atoms with van der Waals surface area (Å²) in [6.07, 6.45) is 7.97. The topological polar surface area (TPSA) is 116 Å². The molecule has 0 aromatic heterocycles. The Kier molecular flexibility index (Phi) is 5.56. The van der Waals surface area contributed by atoms with Crippen molar-refractivity contribution in [3.05, 3.63) is 18.2 Å². The SMILES string of the molecule is O=C(Oc1cc(OC(=O)C2CCC3OC3C2)cc(OC(=O)C2CCC3OC3C2)c1)C1CCC2OC2C1. The standard InChI is InChI=1S/C27H30O9/c28-25(13-1-4-19-22(7-13)34-19)31-16-10-17(32-26(29)14-2-5-20-23(8-14)35-20)12-18(11-16)33-27(30)15-3-6-21-24(9-15)36-21/h10-15,19-24H,1-9H2. The minimum Gasteiger partial charge on any atom is -0.426 e. The zero-order valence-electron chi connectivity index (χ0n) is 20.0. The van der Waals surface area contributed by atoms with Gasteiger partial charge >= 0.3 is 17.9 Å². The van der Waals surface area contributed by atoms with Gasteiger partial charge in [0.05, 0.1) is 54.4 Å². The van der Waals surface area contributed by atoms with Crippen LogP contribution in [0.4, 0.5) is 0 Å². The number of epoxide rings is 3. The van der Waals surface area contributed by atoms with Crippen molar-refractivity contribution in [3.63, 3.8) is 0 Å². The van der Waals surface area contributed by atoms with E-state index in [1.54, 1.807) is 0 Å². The van der Waals surface area contributed by atoms with Gasteiger partial charge in [-0.1, -0.05) is 0 Å². The van der Waals surface area contributed by atoms with Crippen LogP contribution in [0.5, 0.6) is 17.2 Å². The van der Waals surface area contributed by atoms with Crippen molar-refractivity contribution in [2.45, 2.75) is 94.4 Å². The highest BCUT2D eigenvalue weighted by Crippen LogP contribution is 2.42. The first kappa shape index (κ1) is 22.7. The molecule has 9 heteroatoms. The first-order valence-electron chi connectivity index (χ1n) is 13.2. The Labute approximate surface area is 208 Å². The van der Waals surface area contributed by atoms with Crippen molar-refractivity contribution in [2.75, 3.05) is 0 Å². The van der Waals surface area contributed by atoms with E-state index in [0.717, 1.165) is 19.3 Å². The van der Waals surface area contributed by atoms with Gasteiger partial charge in [0.15, 0.2) is 0 Å². The molecule has 3 saturated carbocycles. The average Bonchev–Trinajstić information content (AvgIpc) is 3.75. The fourth-order valence-corrected chi connectivity index (χ4v) is 6.18. The van der Waals surface area contributed by atoms with Gasteiger partial charge in [0.2, 0.25) is 0 Å². The van der Waals surface area contributed by atoms with Crippen molar-refractivity contribution < 1.29 is 42.8 Å². The second-order valence-electron chi connectivity index (χ2n) is 11.1. The Morgan fingerprint density at radius 2 is 0.806 bits per heavy atom. The molecule has 9 atom stereocenters. The van der Waals surface area contributed by atoms with Gasteiger partial charge in [-0.3, -0.25) is 14.4 Å². The minimum absolute atomic E-state index is 0.149. The van der Waals surface area contributed by atoms with Crippen LogP contribution in [0, 0.1) is 17.8 Å². The van der Waals surface area contributed by atoms with Crippen LogP contribution in [0.2, 0.25) is 0 Å². The molecule has 0 amide bonds. The summed E-state index contributed by atoms with van der Waals surface area (Å²) in [4.78, 5) is 38.6. The van der Waals surface area contributed by atoms with E-state index in [1.807, 2.05) is 0 Å². The van der Waals surface area contributed by atoms with Crippen LogP contribution >= 0.6 is 0 Å². The number of carbonyl (C=O) groups is 3. The Hall–Kier alpha value is -2.49. The molecular weight excluding hydrogens is 468 g/mol. The highest BCUT2D eigenvalue weighted by atomic mass is 16.6. The Bertz CT molecular complexity index is 939. The lowest BCUT2D eigenvalue weighted by atomic mass is 9.89. The molecule has 1 aromatic rings. The van der Waals surface area contributed by atoms with E-state index in [1.165, 1.54) is 18.2 Å². The summed E-state index contributed by atoms with van der Waals surface area (Å²) >= 11 is 0. The molecule has 0 radical (unpaired) electrons. The predicted octanol–water partition coefficient (Wildman–Crippen LogP) is 3.11. The number of rotatable bonds is 6. The number of ether oxygens (including phenoxy) is 6. The Morgan fingerprint density at radius 1 is 0.500 bits per heavy atom. The van der Waals surface area contributed by atoms with Crippen LogP contribution in [0.25, 0.3) is 0 Å². The molecule has 0 spiro atoms. The Morgan fingerprint density at radius 3 is 1.08 bits per heavy atom. The molecule has 3 aliphatic carbocycles. The number of hydrogen-bond acceptors (Lipinski definition) is 9. The molecule has 3 saturated heterocycles. The summed E-state index contributed by atoms with van der Waals surface area (Å²) in [5, 5.41) is 0. The van der Waals surface area contributed by atoms with Crippen LogP contribution < -0.4 is 14.2 Å². The van der Waals surface area contributed by atoms with Crippen molar-refractivity contribution in [1.82, 2.24) is 0 Å². The molecular formula is C27H30O9. The highest BCUT2D eigenvalue weighted by Gasteiger charge is 2.48. The zero-order valence-corrected chi connectivity index (χ0v) is 20.0. The molecule has 1 aromatic carbocycles. The molecule has 7 rings (SSSR count). The first-order chi connectivity index (χ1) is 17.5. The second-order valence-corrected chi connectivity index (χ2v) is 11.1. The molecule has 6 fully saturated rings. The van der Waals surface area contributed by atoms with Gasteiger partial charge < -0.3 is 28.4 Å². The van der Waals surface area contributed by atoms with E-state index in [-0.39, 0.29) is 89.5 Å². The predicted molar refractivity (Wildman–Crippen MR) is 121 cm³/mol. The van der Waals surface area contributed by atoms with Crippen molar-refractivity contribution in [1.29, 1.82) is 0 Å². The molecule has 0 N–H and O–H groups in total. The normalized spacial score (nSPS) is 39.5. The summed E-state index contributed by atoms with van der Waals surface area (Å²) in [6.45, 7) is 0. The first-order valence-corrected chi connectivity index (χ1v) is 13.2. The molecule has 0 bridgehead atoms. The molecule has 36 heavy (non-hydrogen) atoms. The van der Waals surface area contributed by atoms with Gasteiger partial charge in [0, 0.05) is 18.2 Å². The van der Waals surface area contributed by atoms with Crippen LogP contribution in [-0.4, -0.2) is 54.5 Å².